The molecule has 0 spiro atoms. The molecule has 0 bridgehead atoms. The highest BCUT2D eigenvalue weighted by Gasteiger charge is 2.28. The molecule has 1 aliphatic rings. The predicted octanol–water partition coefficient (Wildman–Crippen LogP) is 2.84. The summed E-state index contributed by atoms with van der Waals surface area (Å²) in [6, 6.07) is 7.66. The summed E-state index contributed by atoms with van der Waals surface area (Å²) >= 11 is 0. The number of hydrogen-bond donors (Lipinski definition) is 1. The van der Waals surface area contributed by atoms with Gasteiger partial charge in [0.2, 0.25) is 0 Å². The van der Waals surface area contributed by atoms with Crippen molar-refractivity contribution >= 4 is 11.4 Å². The van der Waals surface area contributed by atoms with Crippen LogP contribution in [0.3, 0.4) is 0 Å². The zero-order chi connectivity index (χ0) is 17.6. The van der Waals surface area contributed by atoms with Crippen LogP contribution in [0.15, 0.2) is 30.5 Å². The van der Waals surface area contributed by atoms with Crippen LogP contribution in [0.5, 0.6) is 0 Å². The Bertz CT molecular complexity index is 898. The molecule has 1 N–H and O–H groups in total. The van der Waals surface area contributed by atoms with Crippen molar-refractivity contribution in [1.29, 1.82) is 0 Å². The van der Waals surface area contributed by atoms with Crippen molar-refractivity contribution in [3.05, 3.63) is 53.1 Å². The number of nitrogens with zero attached hydrogens (tertiary/aromatic N) is 4. The van der Waals surface area contributed by atoms with Crippen molar-refractivity contribution < 1.29 is 4.79 Å². The summed E-state index contributed by atoms with van der Waals surface area (Å²) in [4.78, 5) is 14.8. The van der Waals surface area contributed by atoms with E-state index < -0.39 is 0 Å². The third kappa shape index (κ3) is 3.04. The van der Waals surface area contributed by atoms with E-state index in [2.05, 4.69) is 36.1 Å². The normalized spacial score (nSPS) is 14.8. The van der Waals surface area contributed by atoms with E-state index >= 15 is 0 Å². The highest BCUT2D eigenvalue weighted by Crippen LogP contribution is 2.27. The van der Waals surface area contributed by atoms with Crippen LogP contribution < -0.4 is 0 Å². The van der Waals surface area contributed by atoms with Crippen LogP contribution in [0, 0.1) is 5.41 Å². The third-order valence-electron chi connectivity index (χ3n) is 4.59. The molecule has 4 heterocycles. The van der Waals surface area contributed by atoms with Crippen LogP contribution in [-0.4, -0.2) is 37.2 Å². The summed E-state index contributed by atoms with van der Waals surface area (Å²) in [7, 11) is 0. The summed E-state index contributed by atoms with van der Waals surface area (Å²) in [5, 5.41) is 12.1. The van der Waals surface area contributed by atoms with E-state index in [-0.39, 0.29) is 11.3 Å². The van der Waals surface area contributed by atoms with E-state index in [1.807, 2.05) is 35.4 Å². The molecule has 25 heavy (non-hydrogen) atoms. The average molecular weight is 337 g/mol. The number of fused-ring (bicyclic) bond motifs is 2. The summed E-state index contributed by atoms with van der Waals surface area (Å²) in [6.07, 6.45) is 3.57. The van der Waals surface area contributed by atoms with Crippen molar-refractivity contribution in [1.82, 2.24) is 24.7 Å². The largest absolute Gasteiger partial charge is 0.332 e. The first-order chi connectivity index (χ1) is 11.9. The second-order valence-electron chi connectivity index (χ2n) is 7.94. The first kappa shape index (κ1) is 15.9. The maximum Gasteiger partial charge on any atom is 0.274 e. The highest BCUT2D eigenvalue weighted by atomic mass is 16.2. The minimum Gasteiger partial charge on any atom is -0.332 e. The third-order valence-corrected chi connectivity index (χ3v) is 4.59. The van der Waals surface area contributed by atoms with E-state index in [0.29, 0.717) is 18.8 Å². The van der Waals surface area contributed by atoms with Crippen LogP contribution in [0.25, 0.3) is 5.52 Å². The number of rotatable bonds is 2. The number of pyridine rings is 1. The summed E-state index contributed by atoms with van der Waals surface area (Å²) in [5.41, 5.74) is 5.01. The van der Waals surface area contributed by atoms with Gasteiger partial charge in [0.25, 0.3) is 5.91 Å². The molecular formula is C19H23N5O. The van der Waals surface area contributed by atoms with Gasteiger partial charge in [-0.2, -0.15) is 10.2 Å². The van der Waals surface area contributed by atoms with Gasteiger partial charge in [0.15, 0.2) is 5.69 Å². The lowest BCUT2D eigenvalue weighted by Crippen LogP contribution is -2.36. The van der Waals surface area contributed by atoms with Gasteiger partial charge in [0.05, 0.1) is 11.2 Å². The van der Waals surface area contributed by atoms with Crippen LogP contribution >= 0.6 is 0 Å². The van der Waals surface area contributed by atoms with Gasteiger partial charge in [-0.05, 0) is 30.0 Å². The van der Waals surface area contributed by atoms with Gasteiger partial charge in [-0.1, -0.05) is 26.8 Å². The van der Waals surface area contributed by atoms with Crippen molar-refractivity contribution in [2.75, 3.05) is 6.54 Å². The molecule has 0 fully saturated rings. The lowest BCUT2D eigenvalue weighted by Gasteiger charge is -2.27. The molecule has 0 unspecified atom stereocenters. The summed E-state index contributed by atoms with van der Waals surface area (Å²) in [5.74, 6) is -0.0164. The van der Waals surface area contributed by atoms with Crippen molar-refractivity contribution in [3.8, 4) is 0 Å². The number of carbonyl (C=O) groups is 1. The van der Waals surface area contributed by atoms with Gasteiger partial charge in [-0.25, -0.2) is 4.52 Å². The molecule has 0 radical (unpaired) electrons. The first-order valence-electron chi connectivity index (χ1n) is 8.69. The Morgan fingerprint density at radius 1 is 1.32 bits per heavy atom. The summed E-state index contributed by atoms with van der Waals surface area (Å²) in [6.45, 7) is 7.91. The fourth-order valence-corrected chi connectivity index (χ4v) is 3.38. The molecule has 0 saturated heterocycles. The topological polar surface area (TPSA) is 66.3 Å². The smallest absolute Gasteiger partial charge is 0.274 e. The molecule has 130 valence electrons. The molecule has 3 aromatic heterocycles. The number of H-pyrrole nitrogens is 1. The monoisotopic (exact) mass is 337 g/mol. The van der Waals surface area contributed by atoms with E-state index in [1.54, 1.807) is 4.52 Å². The molecule has 4 rings (SSSR count). The standard InChI is InChI=1S/C19H23N5O/c1-19(2,3)11-17-14-12-23(9-7-15(14)20-21-17)18(25)16-10-13-6-4-5-8-24(13)22-16/h4-6,8,10H,7,9,11-12H2,1-3H3,(H,20,21). The highest BCUT2D eigenvalue weighted by molar-refractivity contribution is 5.93. The number of carbonyl (C=O) groups excluding carboxylic acids is 1. The van der Waals surface area contributed by atoms with Gasteiger partial charge >= 0.3 is 0 Å². The molecule has 0 saturated carbocycles. The molecule has 6 heteroatoms. The van der Waals surface area contributed by atoms with Crippen LogP contribution in [0.2, 0.25) is 0 Å². The molecular weight excluding hydrogens is 314 g/mol. The summed E-state index contributed by atoms with van der Waals surface area (Å²) < 4.78 is 1.74. The Morgan fingerprint density at radius 2 is 2.16 bits per heavy atom. The molecule has 0 aliphatic carbocycles. The number of aromatic amines is 1. The van der Waals surface area contributed by atoms with E-state index in [9.17, 15) is 4.79 Å². The van der Waals surface area contributed by atoms with E-state index in [0.717, 1.165) is 24.1 Å². The number of hydrogen-bond acceptors (Lipinski definition) is 3. The lowest BCUT2D eigenvalue weighted by atomic mass is 9.88. The zero-order valence-electron chi connectivity index (χ0n) is 14.9. The Kier molecular flexibility index (Phi) is 3.63. The number of aromatic nitrogens is 4. The van der Waals surface area contributed by atoms with Crippen molar-refractivity contribution in [2.24, 2.45) is 5.41 Å². The second kappa shape index (κ2) is 5.72. The Balaban J connectivity index is 1.59. The van der Waals surface area contributed by atoms with Crippen LogP contribution in [-0.2, 0) is 19.4 Å². The first-order valence-corrected chi connectivity index (χ1v) is 8.69. The van der Waals surface area contributed by atoms with Gasteiger partial charge in [0, 0.05) is 37.0 Å². The van der Waals surface area contributed by atoms with Crippen molar-refractivity contribution in [3.63, 3.8) is 0 Å². The Hall–Kier alpha value is -2.63. The number of amides is 1. The van der Waals surface area contributed by atoms with Gasteiger partial charge in [0.1, 0.15) is 0 Å². The second-order valence-corrected chi connectivity index (χ2v) is 7.94. The van der Waals surface area contributed by atoms with Gasteiger partial charge < -0.3 is 4.90 Å². The minimum atomic E-state index is -0.0164. The molecule has 6 nitrogen and oxygen atoms in total. The van der Waals surface area contributed by atoms with Crippen LogP contribution in [0.1, 0.15) is 48.2 Å². The van der Waals surface area contributed by atoms with E-state index in [4.69, 9.17) is 0 Å². The lowest BCUT2D eigenvalue weighted by molar-refractivity contribution is 0.0727. The molecule has 1 amide bonds. The molecule has 1 aliphatic heterocycles. The molecule has 0 atom stereocenters. The predicted molar refractivity (Wildman–Crippen MR) is 95.4 cm³/mol. The molecule has 3 aromatic rings. The van der Waals surface area contributed by atoms with Crippen LogP contribution in [0.4, 0.5) is 0 Å². The minimum absolute atomic E-state index is 0.0164. The van der Waals surface area contributed by atoms with Gasteiger partial charge in [-0.15, -0.1) is 0 Å². The molecule has 0 aromatic carbocycles. The number of nitrogens with one attached hydrogen (secondary N) is 1. The fraction of sp³-hybridized carbons (Fsp3) is 0.421. The maximum atomic E-state index is 12.9. The van der Waals surface area contributed by atoms with E-state index in [1.165, 1.54) is 11.3 Å². The Labute approximate surface area is 146 Å². The maximum absolute atomic E-state index is 12.9. The SMILES string of the molecule is CC(C)(C)Cc1n[nH]c2c1CN(C(=O)c1cc3ccccn3n1)CC2. The van der Waals surface area contributed by atoms with Gasteiger partial charge in [-0.3, -0.25) is 9.89 Å². The average Bonchev–Trinajstić information content (AvgIpc) is 3.16. The quantitative estimate of drug-likeness (QED) is 0.782. The van der Waals surface area contributed by atoms with Crippen molar-refractivity contribution in [2.45, 2.75) is 40.2 Å². The Morgan fingerprint density at radius 3 is 2.92 bits per heavy atom. The fourth-order valence-electron chi connectivity index (χ4n) is 3.38. The zero-order valence-corrected chi connectivity index (χ0v) is 14.9.